The highest BCUT2D eigenvalue weighted by Gasteiger charge is 2.09. The van der Waals surface area contributed by atoms with E-state index in [2.05, 4.69) is 6.58 Å². The molecular formula is C11H12O3. The molecule has 0 saturated carbocycles. The van der Waals surface area contributed by atoms with Gasteiger partial charge in [-0.3, -0.25) is 0 Å². The van der Waals surface area contributed by atoms with Crippen LogP contribution in [0.15, 0.2) is 30.9 Å². The van der Waals surface area contributed by atoms with Gasteiger partial charge in [0.1, 0.15) is 5.75 Å². The zero-order valence-corrected chi connectivity index (χ0v) is 7.99. The second kappa shape index (κ2) is 4.46. The van der Waals surface area contributed by atoms with Crippen LogP contribution in [0.2, 0.25) is 0 Å². The Bertz CT molecular complexity index is 356. The molecule has 0 heterocycles. The molecule has 0 radical (unpaired) electrons. The number of carboxylic acids is 1. The second-order valence-electron chi connectivity index (χ2n) is 2.82. The summed E-state index contributed by atoms with van der Waals surface area (Å²) in [5.41, 5.74) is 1.01. The lowest BCUT2D eigenvalue weighted by atomic mass is 10.0. The molecule has 0 aromatic heterocycles. The highest BCUT2D eigenvalue weighted by molar-refractivity contribution is 5.89. The predicted octanol–water partition coefficient (Wildman–Crippen LogP) is 2.12. The number of allylic oxidation sites excluding steroid dienone is 1. The minimum atomic E-state index is -0.926. The Morgan fingerprint density at radius 1 is 1.64 bits per heavy atom. The fourth-order valence-electron chi connectivity index (χ4n) is 1.23. The third kappa shape index (κ3) is 2.13. The van der Waals surface area contributed by atoms with E-state index in [0.717, 1.165) is 0 Å². The Balaban J connectivity index is 3.16. The van der Waals surface area contributed by atoms with Gasteiger partial charge in [0.25, 0.3) is 0 Å². The van der Waals surface area contributed by atoms with E-state index >= 15 is 0 Å². The average Bonchev–Trinajstić information content (AvgIpc) is 2.17. The van der Waals surface area contributed by atoms with Crippen molar-refractivity contribution in [1.29, 1.82) is 0 Å². The molecule has 74 valence electrons. The van der Waals surface area contributed by atoms with E-state index in [1.54, 1.807) is 31.4 Å². The van der Waals surface area contributed by atoms with Crippen LogP contribution in [-0.2, 0) is 6.42 Å². The molecule has 1 N–H and O–H groups in total. The summed E-state index contributed by atoms with van der Waals surface area (Å²) in [5, 5.41) is 8.88. The Morgan fingerprint density at radius 3 is 2.86 bits per heavy atom. The van der Waals surface area contributed by atoms with Gasteiger partial charge in [0.15, 0.2) is 0 Å². The summed E-state index contributed by atoms with van der Waals surface area (Å²) in [5.74, 6) is -0.267. The number of hydrogen-bond donors (Lipinski definition) is 1. The van der Waals surface area contributed by atoms with Gasteiger partial charge in [-0.2, -0.15) is 0 Å². The fraction of sp³-hybridized carbons (Fsp3) is 0.182. The van der Waals surface area contributed by atoms with Gasteiger partial charge in [-0.1, -0.05) is 6.08 Å². The smallest absolute Gasteiger partial charge is 0.335 e. The van der Waals surface area contributed by atoms with Crippen molar-refractivity contribution in [3.8, 4) is 5.75 Å². The number of ether oxygens (including phenoxy) is 1. The predicted molar refractivity (Wildman–Crippen MR) is 53.9 cm³/mol. The summed E-state index contributed by atoms with van der Waals surface area (Å²) in [6.45, 7) is 3.58. The molecular weight excluding hydrogens is 180 g/mol. The van der Waals surface area contributed by atoms with Crippen LogP contribution in [0, 0.1) is 0 Å². The van der Waals surface area contributed by atoms with E-state index in [-0.39, 0.29) is 0 Å². The SMILES string of the molecule is C=CCc1cc(OC)ccc1C(=O)O. The maximum absolute atomic E-state index is 10.8. The number of aromatic carboxylic acids is 1. The van der Waals surface area contributed by atoms with Crippen molar-refractivity contribution < 1.29 is 14.6 Å². The molecule has 0 bridgehead atoms. The molecule has 0 atom stereocenters. The lowest BCUT2D eigenvalue weighted by molar-refractivity contribution is 0.0696. The zero-order chi connectivity index (χ0) is 10.6. The standard InChI is InChI=1S/C11H12O3/c1-3-4-8-7-9(14-2)5-6-10(8)11(12)13/h3,5-7H,1,4H2,2H3,(H,12,13). The number of methoxy groups -OCH3 is 1. The third-order valence-corrected chi connectivity index (χ3v) is 1.91. The van der Waals surface area contributed by atoms with Gasteiger partial charge in [0.05, 0.1) is 12.7 Å². The number of benzene rings is 1. The molecule has 14 heavy (non-hydrogen) atoms. The third-order valence-electron chi connectivity index (χ3n) is 1.91. The van der Waals surface area contributed by atoms with Crippen LogP contribution in [0.5, 0.6) is 5.75 Å². The van der Waals surface area contributed by atoms with Crippen LogP contribution in [0.25, 0.3) is 0 Å². The lowest BCUT2D eigenvalue weighted by Crippen LogP contribution is -2.02. The Labute approximate surface area is 82.6 Å². The van der Waals surface area contributed by atoms with Gasteiger partial charge in [-0.05, 0) is 30.2 Å². The summed E-state index contributed by atoms with van der Waals surface area (Å²) in [6, 6.07) is 4.89. The van der Waals surface area contributed by atoms with Crippen LogP contribution in [0.4, 0.5) is 0 Å². The molecule has 1 aromatic carbocycles. The first-order valence-corrected chi connectivity index (χ1v) is 4.20. The molecule has 1 rings (SSSR count). The molecule has 3 heteroatoms. The molecule has 0 amide bonds. The normalized spacial score (nSPS) is 9.50. The van der Waals surface area contributed by atoms with Crippen LogP contribution in [0.3, 0.4) is 0 Å². The topological polar surface area (TPSA) is 46.5 Å². The van der Waals surface area contributed by atoms with Crippen molar-refractivity contribution in [2.24, 2.45) is 0 Å². The summed E-state index contributed by atoms with van der Waals surface area (Å²) in [7, 11) is 1.55. The first kappa shape index (κ1) is 10.3. The molecule has 3 nitrogen and oxygen atoms in total. The van der Waals surface area contributed by atoms with Gasteiger partial charge in [0.2, 0.25) is 0 Å². The molecule has 0 fully saturated rings. The Morgan fingerprint density at radius 2 is 2.36 bits per heavy atom. The number of carbonyl (C=O) groups is 1. The van der Waals surface area contributed by atoms with E-state index in [1.807, 2.05) is 0 Å². The molecule has 0 saturated heterocycles. The van der Waals surface area contributed by atoms with Crippen molar-refractivity contribution >= 4 is 5.97 Å². The molecule has 0 spiro atoms. The molecule has 0 aliphatic heterocycles. The molecule has 1 aromatic rings. The lowest BCUT2D eigenvalue weighted by Gasteiger charge is -2.06. The van der Waals surface area contributed by atoms with E-state index < -0.39 is 5.97 Å². The molecule has 0 unspecified atom stereocenters. The van der Waals surface area contributed by atoms with Crippen LogP contribution < -0.4 is 4.74 Å². The highest BCUT2D eigenvalue weighted by Crippen LogP contribution is 2.18. The average molecular weight is 192 g/mol. The van der Waals surface area contributed by atoms with E-state index in [9.17, 15) is 4.79 Å². The van der Waals surface area contributed by atoms with Crippen molar-refractivity contribution in [2.45, 2.75) is 6.42 Å². The second-order valence-corrected chi connectivity index (χ2v) is 2.82. The number of hydrogen-bond acceptors (Lipinski definition) is 2. The molecule has 0 aliphatic rings. The van der Waals surface area contributed by atoms with Crippen LogP contribution in [0.1, 0.15) is 15.9 Å². The van der Waals surface area contributed by atoms with Crippen molar-refractivity contribution in [3.63, 3.8) is 0 Å². The monoisotopic (exact) mass is 192 g/mol. The van der Waals surface area contributed by atoms with E-state index in [0.29, 0.717) is 23.3 Å². The van der Waals surface area contributed by atoms with Gasteiger partial charge in [-0.15, -0.1) is 6.58 Å². The fourth-order valence-corrected chi connectivity index (χ4v) is 1.23. The summed E-state index contributed by atoms with van der Waals surface area (Å²) >= 11 is 0. The van der Waals surface area contributed by atoms with E-state index in [1.165, 1.54) is 0 Å². The van der Waals surface area contributed by atoms with Gasteiger partial charge < -0.3 is 9.84 Å². The first-order chi connectivity index (χ1) is 6.69. The maximum Gasteiger partial charge on any atom is 0.335 e. The zero-order valence-electron chi connectivity index (χ0n) is 7.99. The minimum absolute atomic E-state index is 0.297. The quantitative estimate of drug-likeness (QED) is 0.743. The number of carboxylic acid groups (broad SMARTS) is 1. The maximum atomic E-state index is 10.8. The Hall–Kier alpha value is -1.77. The van der Waals surface area contributed by atoms with Crippen molar-refractivity contribution in [3.05, 3.63) is 42.0 Å². The highest BCUT2D eigenvalue weighted by atomic mass is 16.5. The van der Waals surface area contributed by atoms with Crippen molar-refractivity contribution in [1.82, 2.24) is 0 Å². The molecule has 0 aliphatic carbocycles. The van der Waals surface area contributed by atoms with Crippen molar-refractivity contribution in [2.75, 3.05) is 7.11 Å². The summed E-state index contributed by atoms with van der Waals surface area (Å²) in [6.07, 6.45) is 2.19. The van der Waals surface area contributed by atoms with E-state index in [4.69, 9.17) is 9.84 Å². The van der Waals surface area contributed by atoms with Gasteiger partial charge >= 0.3 is 5.97 Å². The van der Waals surface area contributed by atoms with Gasteiger partial charge in [0, 0.05) is 0 Å². The van der Waals surface area contributed by atoms with Gasteiger partial charge in [-0.25, -0.2) is 4.79 Å². The van der Waals surface area contributed by atoms with Crippen LogP contribution >= 0.6 is 0 Å². The first-order valence-electron chi connectivity index (χ1n) is 4.20. The van der Waals surface area contributed by atoms with Crippen LogP contribution in [-0.4, -0.2) is 18.2 Å². The largest absolute Gasteiger partial charge is 0.497 e. The Kier molecular flexibility index (Phi) is 3.29. The summed E-state index contributed by atoms with van der Waals surface area (Å²) in [4.78, 5) is 10.8. The minimum Gasteiger partial charge on any atom is -0.497 e. The number of rotatable bonds is 4. The summed E-state index contributed by atoms with van der Waals surface area (Å²) < 4.78 is 5.01.